The summed E-state index contributed by atoms with van der Waals surface area (Å²) in [7, 11) is 0. The van der Waals surface area contributed by atoms with Gasteiger partial charge in [0.2, 0.25) is 0 Å². The highest BCUT2D eigenvalue weighted by Crippen LogP contribution is 2.25. The minimum absolute atomic E-state index is 0.622. The summed E-state index contributed by atoms with van der Waals surface area (Å²) >= 11 is 0. The summed E-state index contributed by atoms with van der Waals surface area (Å²) in [6.07, 6.45) is 5.37. The van der Waals surface area contributed by atoms with Crippen molar-refractivity contribution in [1.29, 1.82) is 0 Å². The molecule has 1 aliphatic heterocycles. The van der Waals surface area contributed by atoms with Gasteiger partial charge in [0.25, 0.3) is 0 Å². The molecule has 0 atom stereocenters. The number of hydrogen-bond donors (Lipinski definition) is 1. The van der Waals surface area contributed by atoms with E-state index in [9.17, 15) is 0 Å². The summed E-state index contributed by atoms with van der Waals surface area (Å²) in [5.74, 6) is 1.43. The zero-order chi connectivity index (χ0) is 10.8. The third-order valence-corrected chi connectivity index (χ3v) is 2.30. The van der Waals surface area contributed by atoms with E-state index < -0.39 is 0 Å². The summed E-state index contributed by atoms with van der Waals surface area (Å²) in [5.41, 5.74) is 4.61. The number of hydroxylamine groups is 1. The first-order valence-corrected chi connectivity index (χ1v) is 4.94. The number of aromatic nitrogens is 2. The lowest BCUT2D eigenvalue weighted by Crippen LogP contribution is -2.21. The molecule has 1 N–H and O–H groups in total. The van der Waals surface area contributed by atoms with Crippen molar-refractivity contribution in [2.75, 3.05) is 0 Å². The molecule has 0 bridgehead atoms. The average molecular weight is 211 g/mol. The van der Waals surface area contributed by atoms with Crippen molar-refractivity contribution in [2.45, 2.75) is 0 Å². The van der Waals surface area contributed by atoms with Crippen LogP contribution in [0.2, 0.25) is 0 Å². The Morgan fingerprint density at radius 1 is 1.00 bits per heavy atom. The Balaban J connectivity index is 2.04. The van der Waals surface area contributed by atoms with Crippen LogP contribution in [0.25, 0.3) is 11.8 Å². The monoisotopic (exact) mass is 211 g/mol. The van der Waals surface area contributed by atoms with Gasteiger partial charge in [0.1, 0.15) is 5.70 Å². The molecule has 0 saturated carbocycles. The standard InChI is InChI=1S/C12H9N3O/c1-2-5-11-9(4-1)8-10(15-16-11)12-13-6-3-7-14-12/h1-8,15H. The van der Waals surface area contributed by atoms with E-state index in [4.69, 9.17) is 4.84 Å². The molecule has 0 saturated heterocycles. The maximum atomic E-state index is 5.39. The van der Waals surface area contributed by atoms with E-state index in [-0.39, 0.29) is 0 Å². The second kappa shape index (κ2) is 3.66. The van der Waals surface area contributed by atoms with Crippen LogP contribution >= 0.6 is 0 Å². The molecule has 0 fully saturated rings. The first-order valence-electron chi connectivity index (χ1n) is 4.94. The second-order valence-corrected chi connectivity index (χ2v) is 3.37. The molecule has 2 aromatic rings. The van der Waals surface area contributed by atoms with E-state index in [0.717, 1.165) is 17.0 Å². The van der Waals surface area contributed by atoms with Crippen LogP contribution in [-0.4, -0.2) is 9.97 Å². The summed E-state index contributed by atoms with van der Waals surface area (Å²) in [6, 6.07) is 9.56. The first-order chi connectivity index (χ1) is 7.93. The lowest BCUT2D eigenvalue weighted by molar-refractivity contribution is 0.248. The Morgan fingerprint density at radius 3 is 2.69 bits per heavy atom. The molecule has 1 aromatic carbocycles. The molecule has 1 aliphatic rings. The minimum atomic E-state index is 0.622. The van der Waals surface area contributed by atoms with E-state index in [2.05, 4.69) is 15.4 Å². The number of para-hydroxylation sites is 1. The number of fused-ring (bicyclic) bond motifs is 1. The fraction of sp³-hybridized carbons (Fsp3) is 0. The predicted molar refractivity (Wildman–Crippen MR) is 60.1 cm³/mol. The van der Waals surface area contributed by atoms with E-state index in [1.54, 1.807) is 18.5 Å². The molecule has 16 heavy (non-hydrogen) atoms. The normalized spacial score (nSPS) is 13.1. The Hall–Kier alpha value is -2.36. The van der Waals surface area contributed by atoms with Gasteiger partial charge >= 0.3 is 0 Å². The Morgan fingerprint density at radius 2 is 1.81 bits per heavy atom. The molecule has 0 amide bonds. The SMILES string of the molecule is C1=C(c2ncccn2)NOc2ccccc21. The summed E-state index contributed by atoms with van der Waals surface area (Å²) in [6.45, 7) is 0. The van der Waals surface area contributed by atoms with Crippen molar-refractivity contribution in [1.82, 2.24) is 15.4 Å². The Bertz CT molecular complexity index is 537. The van der Waals surface area contributed by atoms with Crippen LogP contribution < -0.4 is 10.3 Å². The maximum absolute atomic E-state index is 5.39. The smallest absolute Gasteiger partial charge is 0.178 e. The van der Waals surface area contributed by atoms with Crippen molar-refractivity contribution in [3.63, 3.8) is 0 Å². The van der Waals surface area contributed by atoms with Gasteiger partial charge in [-0.3, -0.25) is 0 Å². The number of rotatable bonds is 1. The molecule has 0 unspecified atom stereocenters. The van der Waals surface area contributed by atoms with Crippen molar-refractivity contribution in [3.8, 4) is 5.75 Å². The van der Waals surface area contributed by atoms with Gasteiger partial charge in [0.15, 0.2) is 11.6 Å². The molecule has 2 heterocycles. The molecule has 0 radical (unpaired) electrons. The van der Waals surface area contributed by atoms with Gasteiger partial charge in [-0.15, -0.1) is 0 Å². The average Bonchev–Trinajstić information content (AvgIpc) is 2.39. The fourth-order valence-corrected chi connectivity index (χ4v) is 1.54. The third-order valence-electron chi connectivity index (χ3n) is 2.30. The number of nitrogens with zero attached hydrogens (tertiary/aromatic N) is 2. The van der Waals surface area contributed by atoms with E-state index in [0.29, 0.717) is 5.82 Å². The minimum Gasteiger partial charge on any atom is -0.381 e. The highest BCUT2D eigenvalue weighted by atomic mass is 16.6. The van der Waals surface area contributed by atoms with Gasteiger partial charge in [0.05, 0.1) is 0 Å². The van der Waals surface area contributed by atoms with E-state index >= 15 is 0 Å². The number of hydrogen-bond acceptors (Lipinski definition) is 4. The van der Waals surface area contributed by atoms with Gasteiger partial charge in [-0.25, -0.2) is 15.4 Å². The van der Waals surface area contributed by atoms with E-state index in [1.807, 2.05) is 30.3 Å². The quantitative estimate of drug-likeness (QED) is 0.782. The van der Waals surface area contributed by atoms with Gasteiger partial charge in [-0.2, -0.15) is 0 Å². The molecular weight excluding hydrogens is 202 g/mol. The lowest BCUT2D eigenvalue weighted by atomic mass is 10.1. The number of nitrogens with one attached hydrogen (secondary N) is 1. The van der Waals surface area contributed by atoms with Gasteiger partial charge in [-0.05, 0) is 18.2 Å². The lowest BCUT2D eigenvalue weighted by Gasteiger charge is -2.17. The van der Waals surface area contributed by atoms with Crippen molar-refractivity contribution < 1.29 is 4.84 Å². The van der Waals surface area contributed by atoms with Crippen molar-refractivity contribution >= 4 is 11.8 Å². The zero-order valence-corrected chi connectivity index (χ0v) is 8.42. The third kappa shape index (κ3) is 1.50. The molecule has 3 rings (SSSR count). The molecule has 1 aromatic heterocycles. The van der Waals surface area contributed by atoms with Crippen LogP contribution in [-0.2, 0) is 0 Å². The number of benzene rings is 1. The summed E-state index contributed by atoms with van der Waals surface area (Å²) in [4.78, 5) is 13.7. The predicted octanol–water partition coefficient (Wildman–Crippen LogP) is 1.87. The second-order valence-electron chi connectivity index (χ2n) is 3.37. The van der Waals surface area contributed by atoms with Crippen LogP contribution in [0, 0.1) is 0 Å². The van der Waals surface area contributed by atoms with Crippen LogP contribution in [0.15, 0.2) is 42.7 Å². The van der Waals surface area contributed by atoms with Gasteiger partial charge in [0, 0.05) is 18.0 Å². The van der Waals surface area contributed by atoms with Crippen molar-refractivity contribution in [2.24, 2.45) is 0 Å². The maximum Gasteiger partial charge on any atom is 0.178 e. The van der Waals surface area contributed by atoms with E-state index in [1.165, 1.54) is 0 Å². The van der Waals surface area contributed by atoms with Gasteiger partial charge < -0.3 is 4.84 Å². The van der Waals surface area contributed by atoms with Crippen LogP contribution in [0.4, 0.5) is 0 Å². The summed E-state index contributed by atoms with van der Waals surface area (Å²) < 4.78 is 0. The molecule has 0 aliphatic carbocycles. The van der Waals surface area contributed by atoms with Crippen molar-refractivity contribution in [3.05, 3.63) is 54.1 Å². The van der Waals surface area contributed by atoms with Crippen LogP contribution in [0.1, 0.15) is 11.4 Å². The molecule has 4 nitrogen and oxygen atoms in total. The summed E-state index contributed by atoms with van der Waals surface area (Å²) in [5, 5.41) is 0. The highest BCUT2D eigenvalue weighted by molar-refractivity contribution is 5.80. The molecule has 0 spiro atoms. The Kier molecular flexibility index (Phi) is 2.04. The topological polar surface area (TPSA) is 47.0 Å². The fourth-order valence-electron chi connectivity index (χ4n) is 1.54. The molecule has 78 valence electrons. The Labute approximate surface area is 92.6 Å². The molecule has 4 heteroatoms. The van der Waals surface area contributed by atoms with Gasteiger partial charge in [-0.1, -0.05) is 18.2 Å². The van der Waals surface area contributed by atoms with Crippen LogP contribution in [0.5, 0.6) is 5.75 Å². The molecular formula is C12H9N3O. The van der Waals surface area contributed by atoms with Crippen LogP contribution in [0.3, 0.4) is 0 Å². The largest absolute Gasteiger partial charge is 0.381 e. The highest BCUT2D eigenvalue weighted by Gasteiger charge is 2.13. The first kappa shape index (κ1) is 8.91. The zero-order valence-electron chi connectivity index (χ0n) is 8.42.